The Morgan fingerprint density at radius 3 is 2.04 bits per heavy atom. The summed E-state index contributed by atoms with van der Waals surface area (Å²) in [7, 11) is 0. The van der Waals surface area contributed by atoms with E-state index in [1.54, 1.807) is 12.1 Å². The molecule has 0 bridgehead atoms. The summed E-state index contributed by atoms with van der Waals surface area (Å²) >= 11 is 0. The lowest BCUT2D eigenvalue weighted by atomic mass is 10.1. The molecule has 1 N–H and O–H groups in total. The van der Waals surface area contributed by atoms with Gasteiger partial charge in [-0.1, -0.05) is 48.5 Å². The van der Waals surface area contributed by atoms with Crippen LogP contribution in [0.2, 0.25) is 0 Å². The van der Waals surface area contributed by atoms with Gasteiger partial charge in [-0.25, -0.2) is 0 Å². The molecule has 0 amide bonds. The second kappa shape index (κ2) is 9.14. The summed E-state index contributed by atoms with van der Waals surface area (Å²) in [6, 6.07) is 21.3. The van der Waals surface area contributed by atoms with Gasteiger partial charge >= 0.3 is 0 Å². The Morgan fingerprint density at radius 2 is 1.43 bits per heavy atom. The fourth-order valence-corrected chi connectivity index (χ4v) is 2.86. The van der Waals surface area contributed by atoms with Gasteiger partial charge in [-0.3, -0.25) is 0 Å². The molecule has 0 saturated heterocycles. The van der Waals surface area contributed by atoms with Crippen molar-refractivity contribution in [2.75, 3.05) is 0 Å². The lowest BCUT2D eigenvalue weighted by Crippen LogP contribution is -2.00. The van der Waals surface area contributed by atoms with Crippen molar-refractivity contribution in [3.8, 4) is 17.2 Å². The van der Waals surface area contributed by atoms with E-state index in [0.29, 0.717) is 19.0 Å². The predicted octanol–water partition coefficient (Wildman–Crippen LogP) is 6.28. The summed E-state index contributed by atoms with van der Waals surface area (Å²) in [5, 5.41) is 9.95. The van der Waals surface area contributed by atoms with Crippen molar-refractivity contribution < 1.29 is 14.6 Å². The molecule has 0 atom stereocenters. The maximum atomic E-state index is 9.95. The molecule has 0 radical (unpaired) electrons. The molecule has 144 valence electrons. The number of rotatable bonds is 7. The van der Waals surface area contributed by atoms with Gasteiger partial charge < -0.3 is 14.6 Å². The van der Waals surface area contributed by atoms with Crippen LogP contribution >= 0.6 is 0 Å². The van der Waals surface area contributed by atoms with Crippen molar-refractivity contribution in [1.82, 2.24) is 0 Å². The summed E-state index contributed by atoms with van der Waals surface area (Å²) in [4.78, 5) is 0. The summed E-state index contributed by atoms with van der Waals surface area (Å²) < 4.78 is 12.0. The first-order chi connectivity index (χ1) is 13.6. The highest BCUT2D eigenvalue weighted by atomic mass is 16.5. The van der Waals surface area contributed by atoms with E-state index < -0.39 is 0 Å². The minimum Gasteiger partial charge on any atom is -0.508 e. The Balaban J connectivity index is 1.80. The second-order valence-corrected chi connectivity index (χ2v) is 6.80. The van der Waals surface area contributed by atoms with Crippen molar-refractivity contribution >= 4 is 5.57 Å². The predicted molar refractivity (Wildman–Crippen MR) is 114 cm³/mol. The maximum Gasteiger partial charge on any atom is 0.124 e. The quantitative estimate of drug-likeness (QED) is 0.529. The minimum absolute atomic E-state index is 0.235. The molecule has 0 spiro atoms. The number of hydrogen-bond acceptors (Lipinski definition) is 3. The van der Waals surface area contributed by atoms with Crippen LogP contribution in [0.5, 0.6) is 17.2 Å². The van der Waals surface area contributed by atoms with Gasteiger partial charge in [0.15, 0.2) is 0 Å². The van der Waals surface area contributed by atoms with Gasteiger partial charge in [0.25, 0.3) is 0 Å². The van der Waals surface area contributed by atoms with E-state index >= 15 is 0 Å². The van der Waals surface area contributed by atoms with Gasteiger partial charge in [0.2, 0.25) is 0 Å². The van der Waals surface area contributed by atoms with Crippen molar-refractivity contribution in [2.24, 2.45) is 0 Å². The Morgan fingerprint density at radius 1 is 0.857 bits per heavy atom. The van der Waals surface area contributed by atoms with E-state index in [1.165, 1.54) is 5.56 Å². The summed E-state index contributed by atoms with van der Waals surface area (Å²) in [6.45, 7) is 6.96. The number of allylic oxidation sites excluding steroid dienone is 2. The highest BCUT2D eigenvalue weighted by molar-refractivity contribution is 5.66. The zero-order chi connectivity index (χ0) is 19.9. The van der Waals surface area contributed by atoms with Crippen LogP contribution in [0.3, 0.4) is 0 Å². The molecule has 0 heterocycles. The number of benzene rings is 3. The normalized spacial score (nSPS) is 11.3. The Kier molecular flexibility index (Phi) is 6.38. The van der Waals surface area contributed by atoms with Crippen LogP contribution < -0.4 is 9.47 Å². The third-order valence-electron chi connectivity index (χ3n) is 4.81. The molecule has 3 rings (SSSR count). The van der Waals surface area contributed by atoms with Crippen LogP contribution in [-0.2, 0) is 13.2 Å². The molecule has 0 unspecified atom stereocenters. The molecule has 0 saturated carbocycles. The lowest BCUT2D eigenvalue weighted by molar-refractivity contribution is 0.286. The first-order valence-electron chi connectivity index (χ1n) is 9.42. The van der Waals surface area contributed by atoms with Gasteiger partial charge in [-0.05, 0) is 61.2 Å². The number of phenols is 1. The molecular formula is C25H26O3. The van der Waals surface area contributed by atoms with E-state index in [4.69, 9.17) is 9.47 Å². The first kappa shape index (κ1) is 19.6. The SMILES string of the molecule is C/C=C(/C)c1cc(OCc2ccccc2C)cc(OCc2ccccc2O)c1. The molecule has 3 heteroatoms. The van der Waals surface area contributed by atoms with Gasteiger partial charge in [0, 0.05) is 11.6 Å². The Bertz CT molecular complexity index is 905. The molecule has 0 aliphatic rings. The summed E-state index contributed by atoms with van der Waals surface area (Å²) in [6.07, 6.45) is 2.06. The van der Waals surface area contributed by atoms with Crippen molar-refractivity contribution in [1.29, 1.82) is 0 Å². The largest absolute Gasteiger partial charge is 0.508 e. The maximum absolute atomic E-state index is 9.95. The van der Waals surface area contributed by atoms with Crippen molar-refractivity contribution in [3.63, 3.8) is 0 Å². The number of hydrogen-bond donors (Lipinski definition) is 1. The van der Waals surface area contributed by atoms with Crippen LogP contribution in [0, 0.1) is 6.92 Å². The highest BCUT2D eigenvalue weighted by Gasteiger charge is 2.08. The number of aryl methyl sites for hydroxylation is 1. The fourth-order valence-electron chi connectivity index (χ4n) is 2.86. The molecule has 3 aromatic carbocycles. The zero-order valence-electron chi connectivity index (χ0n) is 16.6. The average molecular weight is 374 g/mol. The van der Waals surface area contributed by atoms with Gasteiger partial charge in [0.05, 0.1) is 0 Å². The molecular weight excluding hydrogens is 348 g/mol. The van der Waals surface area contributed by atoms with Crippen LogP contribution in [0.15, 0.2) is 72.8 Å². The van der Waals surface area contributed by atoms with E-state index in [0.717, 1.165) is 28.0 Å². The molecule has 28 heavy (non-hydrogen) atoms. The zero-order valence-corrected chi connectivity index (χ0v) is 16.6. The van der Waals surface area contributed by atoms with E-state index in [2.05, 4.69) is 32.1 Å². The van der Waals surface area contributed by atoms with Crippen molar-refractivity contribution in [3.05, 3.63) is 95.1 Å². The number of aromatic hydroxyl groups is 1. The van der Waals surface area contributed by atoms with Crippen LogP contribution in [-0.4, -0.2) is 5.11 Å². The number of ether oxygens (including phenoxy) is 2. The summed E-state index contributed by atoms with van der Waals surface area (Å²) in [5.41, 5.74) is 5.32. The van der Waals surface area contributed by atoms with Gasteiger partial charge in [0.1, 0.15) is 30.5 Å². The van der Waals surface area contributed by atoms with Crippen LogP contribution in [0.4, 0.5) is 0 Å². The minimum atomic E-state index is 0.235. The van der Waals surface area contributed by atoms with Gasteiger partial charge in [-0.15, -0.1) is 0 Å². The molecule has 0 fully saturated rings. The number of phenolic OH excluding ortho intramolecular Hbond substituents is 1. The topological polar surface area (TPSA) is 38.7 Å². The second-order valence-electron chi connectivity index (χ2n) is 6.80. The molecule has 0 aromatic heterocycles. The molecule has 0 aliphatic carbocycles. The Labute approximate surface area is 166 Å². The summed E-state index contributed by atoms with van der Waals surface area (Å²) in [5.74, 6) is 1.70. The van der Waals surface area contributed by atoms with E-state index in [1.807, 2.05) is 49.4 Å². The molecule has 3 nitrogen and oxygen atoms in total. The Hall–Kier alpha value is -3.20. The van der Waals surface area contributed by atoms with E-state index in [-0.39, 0.29) is 5.75 Å². The van der Waals surface area contributed by atoms with Crippen molar-refractivity contribution in [2.45, 2.75) is 34.0 Å². The van der Waals surface area contributed by atoms with E-state index in [9.17, 15) is 5.11 Å². The molecule has 0 aliphatic heterocycles. The van der Waals surface area contributed by atoms with Crippen LogP contribution in [0.25, 0.3) is 5.57 Å². The third kappa shape index (κ3) is 4.95. The fraction of sp³-hybridized carbons (Fsp3) is 0.200. The third-order valence-corrected chi connectivity index (χ3v) is 4.81. The number of para-hydroxylation sites is 1. The average Bonchev–Trinajstić information content (AvgIpc) is 2.72. The lowest BCUT2D eigenvalue weighted by Gasteiger charge is -2.14. The van der Waals surface area contributed by atoms with Crippen LogP contribution in [0.1, 0.15) is 36.1 Å². The smallest absolute Gasteiger partial charge is 0.124 e. The first-order valence-corrected chi connectivity index (χ1v) is 9.42. The monoisotopic (exact) mass is 374 g/mol. The highest BCUT2D eigenvalue weighted by Crippen LogP contribution is 2.29. The standard InChI is InChI=1S/C25H26O3/c1-4-18(2)22-13-23(27-16-20-10-6-5-9-19(20)3)15-24(14-22)28-17-21-11-7-8-12-25(21)26/h4-15,26H,16-17H2,1-3H3/b18-4-. The molecule has 3 aromatic rings. The van der Waals surface area contributed by atoms with Gasteiger partial charge in [-0.2, -0.15) is 0 Å².